The molecule has 0 N–H and O–H groups in total. The van der Waals surface area contributed by atoms with Gasteiger partial charge in [0.1, 0.15) is 17.9 Å². The third kappa shape index (κ3) is 4.71. The maximum Gasteiger partial charge on any atom is 0.336 e. The lowest BCUT2D eigenvalue weighted by Crippen LogP contribution is -1.96. The summed E-state index contributed by atoms with van der Waals surface area (Å²) in [6.45, 7) is 0.197. The molecule has 0 unspecified atom stereocenters. The molecule has 0 atom stereocenters. The number of nitro groups is 1. The molecule has 0 radical (unpaired) electrons. The average molecular weight is 323 g/mol. The fraction of sp³-hybridized carbons (Fsp3) is 0.0556. The predicted molar refractivity (Wildman–Crippen MR) is 89.9 cm³/mol. The molecule has 2 aromatic carbocycles. The van der Waals surface area contributed by atoms with Gasteiger partial charge in [-0.15, -0.1) is 6.42 Å². The van der Waals surface area contributed by atoms with Crippen LogP contribution in [0, 0.1) is 22.5 Å². The van der Waals surface area contributed by atoms with Gasteiger partial charge < -0.3 is 9.15 Å². The number of non-ortho nitro benzene ring substituents is 1. The van der Waals surface area contributed by atoms with Gasteiger partial charge in [-0.1, -0.05) is 24.1 Å². The zero-order valence-electron chi connectivity index (χ0n) is 12.5. The van der Waals surface area contributed by atoms with E-state index >= 15 is 0 Å². The van der Waals surface area contributed by atoms with Crippen LogP contribution in [0.15, 0.2) is 69.9 Å². The van der Waals surface area contributed by atoms with Gasteiger partial charge in [-0.05, 0) is 18.2 Å². The van der Waals surface area contributed by atoms with E-state index in [1.165, 1.54) is 18.2 Å². The van der Waals surface area contributed by atoms with Gasteiger partial charge in [-0.3, -0.25) is 10.1 Å². The lowest BCUT2D eigenvalue weighted by molar-refractivity contribution is -0.384. The Hall–Kier alpha value is -3.59. The highest BCUT2D eigenvalue weighted by Crippen LogP contribution is 2.19. The number of nitrogens with zero attached hydrogens (tertiary/aromatic N) is 1. The Labute approximate surface area is 137 Å². The third-order valence-corrected chi connectivity index (χ3v) is 2.88. The Bertz CT molecular complexity index is 925. The van der Waals surface area contributed by atoms with E-state index in [1.807, 2.05) is 6.07 Å². The van der Waals surface area contributed by atoms with E-state index in [0.29, 0.717) is 11.3 Å². The van der Waals surface area contributed by atoms with Crippen LogP contribution in [0.1, 0.15) is 0 Å². The van der Waals surface area contributed by atoms with E-state index in [4.69, 9.17) is 15.6 Å². The fourth-order valence-electron chi connectivity index (χ4n) is 1.81. The van der Waals surface area contributed by atoms with Crippen molar-refractivity contribution in [2.24, 2.45) is 0 Å². The van der Waals surface area contributed by atoms with Crippen molar-refractivity contribution < 1.29 is 14.1 Å². The van der Waals surface area contributed by atoms with E-state index in [2.05, 4.69) is 5.92 Å². The second-order valence-electron chi connectivity index (χ2n) is 4.54. The topological polar surface area (TPSA) is 82.6 Å². The molecule has 0 spiro atoms. The Morgan fingerprint density at radius 3 is 2.46 bits per heavy atom. The van der Waals surface area contributed by atoms with E-state index in [-0.39, 0.29) is 17.9 Å². The van der Waals surface area contributed by atoms with Crippen LogP contribution in [0.5, 0.6) is 5.75 Å². The van der Waals surface area contributed by atoms with E-state index in [9.17, 15) is 14.9 Å². The third-order valence-electron chi connectivity index (χ3n) is 2.88. The van der Waals surface area contributed by atoms with Crippen molar-refractivity contribution in [3.63, 3.8) is 0 Å². The molecule has 1 aromatic heterocycles. The summed E-state index contributed by atoms with van der Waals surface area (Å²) in [5.41, 5.74) is 0.256. The van der Waals surface area contributed by atoms with Crippen LogP contribution in [0.3, 0.4) is 0 Å². The summed E-state index contributed by atoms with van der Waals surface area (Å²) in [4.78, 5) is 20.6. The van der Waals surface area contributed by atoms with Crippen LogP contribution in [-0.4, -0.2) is 11.5 Å². The summed E-state index contributed by atoms with van der Waals surface area (Å²) in [5, 5.41) is 10.9. The number of hydrogen-bond acceptors (Lipinski definition) is 5. The Morgan fingerprint density at radius 1 is 1.12 bits per heavy atom. The smallest absolute Gasteiger partial charge is 0.336 e. The number of ether oxygens (including phenoxy) is 1. The molecular weight excluding hydrogens is 310 g/mol. The minimum absolute atomic E-state index is 0.137. The molecule has 120 valence electrons. The van der Waals surface area contributed by atoms with Crippen molar-refractivity contribution in [3.8, 4) is 18.1 Å². The molecule has 6 heteroatoms. The maximum atomic E-state index is 11.0. The van der Waals surface area contributed by atoms with Crippen LogP contribution >= 0.6 is 0 Å². The fourth-order valence-corrected chi connectivity index (χ4v) is 1.81. The first-order valence-corrected chi connectivity index (χ1v) is 6.90. The molecule has 6 nitrogen and oxygen atoms in total. The summed E-state index contributed by atoms with van der Waals surface area (Å²) in [5.74, 6) is 2.95. The molecule has 0 saturated heterocycles. The summed E-state index contributed by atoms with van der Waals surface area (Å²) >= 11 is 0. The zero-order chi connectivity index (χ0) is 17.4. The van der Waals surface area contributed by atoms with E-state index < -0.39 is 4.92 Å². The number of hydrogen-bond donors (Lipinski definition) is 0. The number of nitro benzene ring substituents is 1. The molecule has 0 bridgehead atoms. The maximum absolute atomic E-state index is 11.0. The summed E-state index contributed by atoms with van der Waals surface area (Å²) in [6, 6.07) is 16.2. The number of para-hydroxylation sites is 1. The lowest BCUT2D eigenvalue weighted by atomic mass is 10.2. The Morgan fingerprint density at radius 2 is 1.83 bits per heavy atom. The van der Waals surface area contributed by atoms with Crippen LogP contribution in [0.4, 0.5) is 5.69 Å². The second kappa shape index (κ2) is 8.15. The molecular formula is C18H13NO5. The average Bonchev–Trinajstić information content (AvgIpc) is 2.61. The molecule has 0 amide bonds. The van der Waals surface area contributed by atoms with Crippen molar-refractivity contribution in [2.75, 3.05) is 6.61 Å². The van der Waals surface area contributed by atoms with Gasteiger partial charge in [0, 0.05) is 29.7 Å². The quantitative estimate of drug-likeness (QED) is 0.319. The lowest BCUT2D eigenvalue weighted by Gasteiger charge is -2.02. The number of benzene rings is 2. The Balaban J connectivity index is 0.000000198. The Kier molecular flexibility index (Phi) is 5.70. The largest absolute Gasteiger partial charge is 0.481 e. The van der Waals surface area contributed by atoms with E-state index in [1.54, 1.807) is 36.4 Å². The molecule has 3 aromatic rings. The van der Waals surface area contributed by atoms with Crippen molar-refractivity contribution in [1.82, 2.24) is 0 Å². The van der Waals surface area contributed by atoms with Crippen LogP contribution in [0.2, 0.25) is 0 Å². The zero-order valence-corrected chi connectivity index (χ0v) is 12.5. The standard InChI is InChI=1S/C12H8O3.C6H5NO2/c1-2-7-14-10-5-3-9-4-6-12(13)15-11(9)8-10;8-7(9)6-4-2-1-3-5-6/h1,3-6,8H,7H2;1-5H. The minimum Gasteiger partial charge on any atom is -0.481 e. The van der Waals surface area contributed by atoms with Crippen molar-refractivity contribution in [1.29, 1.82) is 0 Å². The van der Waals surface area contributed by atoms with Gasteiger partial charge in [0.25, 0.3) is 5.69 Å². The summed E-state index contributed by atoms with van der Waals surface area (Å²) in [7, 11) is 0. The van der Waals surface area contributed by atoms with Gasteiger partial charge in [0.15, 0.2) is 0 Å². The molecule has 0 aliphatic rings. The number of rotatable bonds is 3. The molecule has 3 rings (SSSR count). The van der Waals surface area contributed by atoms with Crippen LogP contribution in [0.25, 0.3) is 11.0 Å². The SMILES string of the molecule is C#CCOc1ccc2ccc(=O)oc2c1.O=[N+]([O-])c1ccccc1. The molecule has 1 heterocycles. The molecule has 0 fully saturated rings. The van der Waals surface area contributed by atoms with Crippen LogP contribution in [-0.2, 0) is 0 Å². The van der Waals surface area contributed by atoms with Crippen molar-refractivity contribution in [2.45, 2.75) is 0 Å². The molecule has 24 heavy (non-hydrogen) atoms. The van der Waals surface area contributed by atoms with Crippen molar-refractivity contribution in [3.05, 3.63) is 81.2 Å². The second-order valence-corrected chi connectivity index (χ2v) is 4.54. The molecule has 0 saturated carbocycles. The van der Waals surface area contributed by atoms with Gasteiger partial charge in [0.2, 0.25) is 0 Å². The number of fused-ring (bicyclic) bond motifs is 1. The van der Waals surface area contributed by atoms with Gasteiger partial charge in [-0.2, -0.15) is 0 Å². The minimum atomic E-state index is -0.417. The molecule has 0 aliphatic heterocycles. The first-order valence-electron chi connectivity index (χ1n) is 6.90. The monoisotopic (exact) mass is 323 g/mol. The van der Waals surface area contributed by atoms with Gasteiger partial charge in [-0.25, -0.2) is 4.79 Å². The highest BCUT2D eigenvalue weighted by Gasteiger charge is 1.99. The van der Waals surface area contributed by atoms with Crippen LogP contribution < -0.4 is 10.4 Å². The highest BCUT2D eigenvalue weighted by atomic mass is 16.6. The first-order chi connectivity index (χ1) is 11.6. The normalized spacial score (nSPS) is 9.46. The number of terminal acetylenes is 1. The highest BCUT2D eigenvalue weighted by molar-refractivity contribution is 5.77. The van der Waals surface area contributed by atoms with Gasteiger partial charge in [0.05, 0.1) is 4.92 Å². The summed E-state index contributed by atoms with van der Waals surface area (Å²) in [6.07, 6.45) is 5.06. The van der Waals surface area contributed by atoms with Crippen molar-refractivity contribution >= 4 is 16.7 Å². The summed E-state index contributed by atoms with van der Waals surface area (Å²) < 4.78 is 10.2. The van der Waals surface area contributed by atoms with Gasteiger partial charge >= 0.3 is 5.63 Å². The predicted octanol–water partition coefficient (Wildman–Crippen LogP) is 3.40. The van der Waals surface area contributed by atoms with E-state index in [0.717, 1.165) is 5.39 Å². The first kappa shape index (κ1) is 16.8. The molecule has 0 aliphatic carbocycles.